The topological polar surface area (TPSA) is 6.48 Å². The Bertz CT molecular complexity index is 470. The second-order valence-electron chi connectivity index (χ2n) is 5.45. The zero-order valence-corrected chi connectivity index (χ0v) is 12.8. The Hall–Kier alpha value is -0.940. The molecule has 2 rings (SSSR count). The molecule has 0 atom stereocenters. The first-order valence-electron chi connectivity index (χ1n) is 7.11. The van der Waals surface area contributed by atoms with Crippen molar-refractivity contribution in [3.05, 3.63) is 29.3 Å². The van der Waals surface area contributed by atoms with E-state index in [2.05, 4.69) is 4.90 Å². The van der Waals surface area contributed by atoms with Gasteiger partial charge in [0, 0.05) is 31.7 Å². The van der Waals surface area contributed by atoms with Crippen LogP contribution in [0.15, 0.2) is 18.2 Å². The van der Waals surface area contributed by atoms with E-state index in [1.54, 1.807) is 18.0 Å². The van der Waals surface area contributed by atoms with Crippen LogP contribution in [0, 0.1) is 0 Å². The van der Waals surface area contributed by atoms with Gasteiger partial charge in [0.15, 0.2) is 0 Å². The summed E-state index contributed by atoms with van der Waals surface area (Å²) in [6.45, 7) is 3.48. The van der Waals surface area contributed by atoms with Gasteiger partial charge in [-0.25, -0.2) is 0 Å². The molecule has 0 radical (unpaired) electrons. The predicted molar refractivity (Wildman–Crippen MR) is 79.9 cm³/mol. The molecule has 0 saturated carbocycles. The molecule has 1 saturated heterocycles. The maximum absolute atomic E-state index is 13.2. The molecule has 1 aliphatic heterocycles. The second kappa shape index (κ2) is 6.88. The van der Waals surface area contributed by atoms with Crippen molar-refractivity contribution in [2.45, 2.75) is 24.9 Å². The molecule has 0 unspecified atom stereocenters. The number of anilines is 1. The molecule has 1 aromatic rings. The molecule has 0 bridgehead atoms. The van der Waals surface area contributed by atoms with E-state index < -0.39 is 11.7 Å². The maximum Gasteiger partial charge on any atom is 0.418 e. The molecule has 0 N–H and O–H groups in total. The molecule has 6 heteroatoms. The number of nitrogens with zero attached hydrogens (tertiary/aromatic N) is 2. The lowest BCUT2D eigenvalue weighted by Crippen LogP contribution is -2.32. The average molecular weight is 321 g/mol. The largest absolute Gasteiger partial charge is 0.418 e. The highest BCUT2D eigenvalue weighted by Crippen LogP contribution is 2.37. The number of likely N-dealkylation sites (N-methyl/N-ethyl adjacent to an activating group) is 1. The van der Waals surface area contributed by atoms with Gasteiger partial charge in [-0.15, -0.1) is 11.6 Å². The van der Waals surface area contributed by atoms with Gasteiger partial charge in [0.25, 0.3) is 0 Å². The van der Waals surface area contributed by atoms with Gasteiger partial charge in [0.2, 0.25) is 0 Å². The Kier molecular flexibility index (Phi) is 5.38. The normalized spacial score (nSPS) is 16.4. The van der Waals surface area contributed by atoms with Crippen LogP contribution in [-0.2, 0) is 12.1 Å². The van der Waals surface area contributed by atoms with Crippen LogP contribution in [-0.4, -0.2) is 38.1 Å². The van der Waals surface area contributed by atoms with Crippen molar-refractivity contribution in [3.8, 4) is 0 Å². The highest BCUT2D eigenvalue weighted by Gasteiger charge is 2.34. The fraction of sp³-hybridized carbons (Fsp3) is 0.600. The first-order chi connectivity index (χ1) is 9.91. The molecule has 21 heavy (non-hydrogen) atoms. The molecule has 1 aliphatic rings. The Morgan fingerprint density at radius 3 is 2.48 bits per heavy atom. The fourth-order valence-corrected chi connectivity index (χ4v) is 2.81. The molecule has 0 spiro atoms. The van der Waals surface area contributed by atoms with Crippen molar-refractivity contribution in [1.82, 2.24) is 4.90 Å². The van der Waals surface area contributed by atoms with Crippen LogP contribution in [0.1, 0.15) is 24.0 Å². The molecular formula is C15H20ClF3N2. The summed E-state index contributed by atoms with van der Waals surface area (Å²) in [6, 6.07) is 4.32. The Morgan fingerprint density at radius 1 is 1.24 bits per heavy atom. The van der Waals surface area contributed by atoms with Crippen molar-refractivity contribution < 1.29 is 13.2 Å². The highest BCUT2D eigenvalue weighted by atomic mass is 35.5. The van der Waals surface area contributed by atoms with E-state index >= 15 is 0 Å². The zero-order chi connectivity index (χ0) is 15.5. The summed E-state index contributed by atoms with van der Waals surface area (Å²) in [6.07, 6.45) is -2.00. The lowest BCUT2D eigenvalue weighted by molar-refractivity contribution is -0.137. The Labute approximate surface area is 128 Å². The van der Waals surface area contributed by atoms with E-state index in [1.165, 1.54) is 18.9 Å². The third-order valence-corrected chi connectivity index (χ3v) is 4.19. The number of alkyl halides is 4. The summed E-state index contributed by atoms with van der Waals surface area (Å²) in [4.78, 5) is 3.97. The molecule has 2 nitrogen and oxygen atoms in total. The van der Waals surface area contributed by atoms with E-state index in [9.17, 15) is 13.2 Å². The Morgan fingerprint density at radius 2 is 1.90 bits per heavy atom. The number of hydrogen-bond donors (Lipinski definition) is 0. The molecule has 1 heterocycles. The van der Waals surface area contributed by atoms with Crippen LogP contribution in [0.25, 0.3) is 0 Å². The minimum absolute atomic E-state index is 0.0842. The Balaban J connectivity index is 2.13. The van der Waals surface area contributed by atoms with Gasteiger partial charge in [-0.05, 0) is 43.6 Å². The van der Waals surface area contributed by atoms with Gasteiger partial charge < -0.3 is 9.80 Å². The van der Waals surface area contributed by atoms with Crippen molar-refractivity contribution in [2.75, 3.05) is 38.1 Å². The summed E-state index contributed by atoms with van der Waals surface area (Å²) >= 11 is 5.64. The monoisotopic (exact) mass is 320 g/mol. The number of hydrogen-bond acceptors (Lipinski definition) is 2. The lowest BCUT2D eigenvalue weighted by atomic mass is 10.1. The number of rotatable bonds is 5. The first kappa shape index (κ1) is 16.4. The van der Waals surface area contributed by atoms with Gasteiger partial charge >= 0.3 is 6.18 Å². The summed E-state index contributed by atoms with van der Waals surface area (Å²) in [7, 11) is 1.71. The van der Waals surface area contributed by atoms with Crippen molar-refractivity contribution in [3.63, 3.8) is 0 Å². The van der Waals surface area contributed by atoms with Crippen LogP contribution in [0.4, 0.5) is 18.9 Å². The quantitative estimate of drug-likeness (QED) is 0.757. The number of halogens is 4. The minimum atomic E-state index is -4.36. The number of benzene rings is 1. The van der Waals surface area contributed by atoms with Gasteiger partial charge in [0.1, 0.15) is 0 Å². The van der Waals surface area contributed by atoms with E-state index in [1.807, 2.05) is 0 Å². The smallest absolute Gasteiger partial charge is 0.373 e. The van der Waals surface area contributed by atoms with Crippen molar-refractivity contribution >= 4 is 17.3 Å². The van der Waals surface area contributed by atoms with Crippen LogP contribution >= 0.6 is 11.6 Å². The third-order valence-electron chi connectivity index (χ3n) is 3.88. The SMILES string of the molecule is CN(CCN1CCCC1)c1ccc(CCl)cc1C(F)(F)F. The van der Waals surface area contributed by atoms with Gasteiger partial charge in [-0.1, -0.05) is 6.07 Å². The fourth-order valence-electron chi connectivity index (χ4n) is 2.64. The average Bonchev–Trinajstić information content (AvgIpc) is 2.96. The summed E-state index contributed by atoms with van der Waals surface area (Å²) < 4.78 is 39.6. The van der Waals surface area contributed by atoms with Gasteiger partial charge in [0.05, 0.1) is 5.56 Å². The molecule has 118 valence electrons. The predicted octanol–water partition coefficient (Wildman–Crippen LogP) is 3.98. The van der Waals surface area contributed by atoms with Crippen LogP contribution in [0.2, 0.25) is 0 Å². The van der Waals surface area contributed by atoms with E-state index in [4.69, 9.17) is 11.6 Å². The first-order valence-corrected chi connectivity index (χ1v) is 7.65. The van der Waals surface area contributed by atoms with Crippen molar-refractivity contribution in [2.24, 2.45) is 0 Å². The van der Waals surface area contributed by atoms with Crippen LogP contribution in [0.5, 0.6) is 0 Å². The molecule has 0 amide bonds. The van der Waals surface area contributed by atoms with E-state index in [-0.39, 0.29) is 11.6 Å². The van der Waals surface area contributed by atoms with Crippen molar-refractivity contribution in [1.29, 1.82) is 0 Å². The summed E-state index contributed by atoms with van der Waals surface area (Å²) in [5, 5.41) is 0. The maximum atomic E-state index is 13.2. The number of likely N-dealkylation sites (tertiary alicyclic amines) is 1. The van der Waals surface area contributed by atoms with Crippen LogP contribution in [0.3, 0.4) is 0 Å². The lowest BCUT2D eigenvalue weighted by Gasteiger charge is -2.26. The van der Waals surface area contributed by atoms with E-state index in [0.717, 1.165) is 25.7 Å². The van der Waals surface area contributed by atoms with Gasteiger partial charge in [-0.2, -0.15) is 13.2 Å². The molecular weight excluding hydrogens is 301 g/mol. The molecule has 1 aromatic carbocycles. The molecule has 0 aliphatic carbocycles. The molecule has 1 fully saturated rings. The second-order valence-corrected chi connectivity index (χ2v) is 5.72. The standard InChI is InChI=1S/C15H20ClF3N2/c1-20(8-9-21-6-2-3-7-21)14-5-4-12(11-16)10-13(14)15(17,18)19/h4-5,10H,2-3,6-9,11H2,1H3. The zero-order valence-electron chi connectivity index (χ0n) is 12.1. The summed E-state index contributed by atoms with van der Waals surface area (Å²) in [5.41, 5.74) is 0.0980. The molecule has 0 aromatic heterocycles. The van der Waals surface area contributed by atoms with Crippen LogP contribution < -0.4 is 4.90 Å². The van der Waals surface area contributed by atoms with Gasteiger partial charge in [-0.3, -0.25) is 0 Å². The van der Waals surface area contributed by atoms with E-state index in [0.29, 0.717) is 12.1 Å². The highest BCUT2D eigenvalue weighted by molar-refractivity contribution is 6.17. The third kappa shape index (κ3) is 4.27. The summed E-state index contributed by atoms with van der Waals surface area (Å²) in [5.74, 6) is 0.0842. The minimum Gasteiger partial charge on any atom is -0.373 e.